The highest BCUT2D eigenvalue weighted by atomic mass is 16.6. The summed E-state index contributed by atoms with van der Waals surface area (Å²) in [4.78, 5) is 33.0. The van der Waals surface area contributed by atoms with E-state index in [1.807, 2.05) is 13.8 Å². The third-order valence-electron chi connectivity index (χ3n) is 2.11. The van der Waals surface area contributed by atoms with Gasteiger partial charge in [-0.2, -0.15) is 0 Å². The number of carboxylic acid groups (broad SMARTS) is 1. The molecule has 0 aromatic heterocycles. The van der Waals surface area contributed by atoms with Crippen molar-refractivity contribution < 1.29 is 24.2 Å². The average molecular weight is 245 g/mol. The summed E-state index contributed by atoms with van der Waals surface area (Å²) in [5.74, 6) is -3.42. The van der Waals surface area contributed by atoms with Crippen LogP contribution in [0.2, 0.25) is 0 Å². The zero-order valence-electron chi connectivity index (χ0n) is 10.3. The Balaban J connectivity index is 4.19. The minimum absolute atomic E-state index is 0.212. The molecule has 17 heavy (non-hydrogen) atoms. The highest BCUT2D eigenvalue weighted by Gasteiger charge is 2.24. The summed E-state index contributed by atoms with van der Waals surface area (Å²) in [5, 5.41) is 8.48. The predicted octanol–water partition coefficient (Wildman–Crippen LogP) is 0.540. The number of hydrogen-bond donors (Lipinski definition) is 2. The number of carboxylic acids is 1. The van der Waals surface area contributed by atoms with E-state index in [-0.39, 0.29) is 12.3 Å². The lowest BCUT2D eigenvalue weighted by atomic mass is 10.0. The van der Waals surface area contributed by atoms with Gasteiger partial charge >= 0.3 is 17.9 Å². The van der Waals surface area contributed by atoms with E-state index in [9.17, 15) is 14.4 Å². The van der Waals surface area contributed by atoms with Crippen molar-refractivity contribution in [2.24, 2.45) is 17.6 Å². The molecule has 0 saturated heterocycles. The molecule has 6 nitrogen and oxygen atoms in total. The van der Waals surface area contributed by atoms with Gasteiger partial charge in [0.25, 0.3) is 0 Å². The summed E-state index contributed by atoms with van der Waals surface area (Å²) in [6.45, 7) is 5.17. The van der Waals surface area contributed by atoms with Crippen LogP contribution in [0.4, 0.5) is 0 Å². The molecular formula is C11H19NO5. The minimum Gasteiger partial charge on any atom is -0.481 e. The van der Waals surface area contributed by atoms with Crippen LogP contribution in [0.15, 0.2) is 0 Å². The van der Waals surface area contributed by atoms with Gasteiger partial charge < -0.3 is 15.6 Å². The Hall–Kier alpha value is -1.43. The first kappa shape index (κ1) is 15.6. The van der Waals surface area contributed by atoms with Crippen LogP contribution in [-0.4, -0.2) is 29.1 Å². The van der Waals surface area contributed by atoms with Gasteiger partial charge in [-0.15, -0.1) is 0 Å². The number of ether oxygens (including phenoxy) is 1. The molecule has 0 aliphatic rings. The molecule has 0 saturated carbocycles. The van der Waals surface area contributed by atoms with Gasteiger partial charge in [0.1, 0.15) is 6.04 Å². The maximum atomic E-state index is 11.4. The Morgan fingerprint density at radius 2 is 1.71 bits per heavy atom. The van der Waals surface area contributed by atoms with E-state index in [1.54, 1.807) is 0 Å². The van der Waals surface area contributed by atoms with E-state index in [0.717, 1.165) is 0 Å². The molecule has 0 amide bonds. The maximum absolute atomic E-state index is 11.4. The average Bonchev–Trinajstić information content (AvgIpc) is 2.15. The molecule has 6 heteroatoms. The highest BCUT2D eigenvalue weighted by Crippen LogP contribution is 2.08. The van der Waals surface area contributed by atoms with Gasteiger partial charge in [-0.1, -0.05) is 20.8 Å². The number of esters is 2. The SMILES string of the molecule is CC(C)C[C@H](N)C(=O)OC(=O)C(C)CC(=O)O. The molecule has 0 aliphatic carbocycles. The van der Waals surface area contributed by atoms with Crippen molar-refractivity contribution in [3.8, 4) is 0 Å². The smallest absolute Gasteiger partial charge is 0.330 e. The Kier molecular flexibility index (Phi) is 6.42. The Morgan fingerprint density at radius 1 is 1.18 bits per heavy atom. The lowest BCUT2D eigenvalue weighted by Gasteiger charge is -2.13. The van der Waals surface area contributed by atoms with Crippen molar-refractivity contribution in [2.75, 3.05) is 0 Å². The summed E-state index contributed by atoms with van der Waals surface area (Å²) in [6, 6.07) is -0.851. The number of hydrogen-bond acceptors (Lipinski definition) is 5. The van der Waals surface area contributed by atoms with Crippen molar-refractivity contribution in [1.82, 2.24) is 0 Å². The van der Waals surface area contributed by atoms with Crippen molar-refractivity contribution in [1.29, 1.82) is 0 Å². The summed E-state index contributed by atoms with van der Waals surface area (Å²) < 4.78 is 4.51. The summed E-state index contributed by atoms with van der Waals surface area (Å²) >= 11 is 0. The van der Waals surface area contributed by atoms with Crippen molar-refractivity contribution in [3.05, 3.63) is 0 Å². The molecule has 98 valence electrons. The van der Waals surface area contributed by atoms with E-state index in [4.69, 9.17) is 10.8 Å². The molecule has 0 aromatic carbocycles. The molecule has 0 rings (SSSR count). The second-order valence-electron chi connectivity index (χ2n) is 4.48. The summed E-state index contributed by atoms with van der Waals surface area (Å²) in [6.07, 6.45) is 0.0466. The lowest BCUT2D eigenvalue weighted by Crippen LogP contribution is -2.36. The number of nitrogens with two attached hydrogens (primary N) is 1. The maximum Gasteiger partial charge on any atom is 0.330 e. The van der Waals surface area contributed by atoms with Gasteiger partial charge in [-0.05, 0) is 12.3 Å². The van der Waals surface area contributed by atoms with Gasteiger partial charge in [0.15, 0.2) is 0 Å². The highest BCUT2D eigenvalue weighted by molar-refractivity contribution is 5.90. The quantitative estimate of drug-likeness (QED) is 0.522. The van der Waals surface area contributed by atoms with E-state index in [2.05, 4.69) is 4.74 Å². The van der Waals surface area contributed by atoms with Crippen molar-refractivity contribution in [3.63, 3.8) is 0 Å². The molecule has 0 bridgehead atoms. The fourth-order valence-electron chi connectivity index (χ4n) is 1.22. The van der Waals surface area contributed by atoms with Crippen LogP contribution in [0.5, 0.6) is 0 Å². The van der Waals surface area contributed by atoms with Crippen LogP contribution in [0.1, 0.15) is 33.6 Å². The van der Waals surface area contributed by atoms with Crippen LogP contribution < -0.4 is 5.73 Å². The molecule has 0 aliphatic heterocycles. The van der Waals surface area contributed by atoms with Gasteiger partial charge in [0.05, 0.1) is 12.3 Å². The van der Waals surface area contributed by atoms with Gasteiger partial charge in [0.2, 0.25) is 0 Å². The standard InChI is InChI=1S/C11H19NO5/c1-6(2)4-8(12)11(16)17-10(15)7(3)5-9(13)14/h6-8H,4-5,12H2,1-3H3,(H,13,14)/t7?,8-/m0/s1. The van der Waals surface area contributed by atoms with E-state index in [1.165, 1.54) is 6.92 Å². The number of rotatable bonds is 6. The zero-order chi connectivity index (χ0) is 13.6. The minimum atomic E-state index is -1.12. The third-order valence-corrected chi connectivity index (χ3v) is 2.11. The van der Waals surface area contributed by atoms with Crippen molar-refractivity contribution >= 4 is 17.9 Å². The number of aliphatic carboxylic acids is 1. The van der Waals surface area contributed by atoms with Gasteiger partial charge in [-0.3, -0.25) is 9.59 Å². The second kappa shape index (κ2) is 7.01. The normalized spacial score (nSPS) is 14.2. The molecule has 3 N–H and O–H groups in total. The van der Waals surface area contributed by atoms with E-state index in [0.29, 0.717) is 6.42 Å². The first-order valence-electron chi connectivity index (χ1n) is 5.47. The molecule has 0 fully saturated rings. The van der Waals surface area contributed by atoms with Crippen LogP contribution in [-0.2, 0) is 19.1 Å². The molecule has 0 aromatic rings. The fourth-order valence-corrected chi connectivity index (χ4v) is 1.22. The first-order chi connectivity index (χ1) is 7.73. The monoisotopic (exact) mass is 245 g/mol. The molecule has 0 heterocycles. The Labute approximate surface area is 100 Å². The number of carbonyl (C=O) groups is 3. The first-order valence-corrected chi connectivity index (χ1v) is 5.47. The fraction of sp³-hybridized carbons (Fsp3) is 0.727. The van der Waals surface area contributed by atoms with Crippen LogP contribution in [0.3, 0.4) is 0 Å². The van der Waals surface area contributed by atoms with E-state index < -0.39 is 29.9 Å². The third kappa shape index (κ3) is 6.68. The molecular weight excluding hydrogens is 226 g/mol. The Bertz CT molecular complexity index is 300. The van der Waals surface area contributed by atoms with Crippen LogP contribution in [0, 0.1) is 11.8 Å². The van der Waals surface area contributed by atoms with Crippen molar-refractivity contribution in [2.45, 2.75) is 39.7 Å². The lowest BCUT2D eigenvalue weighted by molar-refractivity contribution is -0.165. The predicted molar refractivity (Wildman–Crippen MR) is 59.9 cm³/mol. The summed E-state index contributed by atoms with van der Waals surface area (Å²) in [5.41, 5.74) is 5.52. The molecule has 0 radical (unpaired) electrons. The summed E-state index contributed by atoms with van der Waals surface area (Å²) in [7, 11) is 0. The second-order valence-corrected chi connectivity index (χ2v) is 4.48. The van der Waals surface area contributed by atoms with Crippen LogP contribution >= 0.6 is 0 Å². The van der Waals surface area contributed by atoms with E-state index >= 15 is 0 Å². The largest absolute Gasteiger partial charge is 0.481 e. The molecule has 2 atom stereocenters. The zero-order valence-corrected chi connectivity index (χ0v) is 10.3. The van der Waals surface area contributed by atoms with Gasteiger partial charge in [0, 0.05) is 0 Å². The molecule has 0 spiro atoms. The topological polar surface area (TPSA) is 107 Å². The van der Waals surface area contributed by atoms with Crippen LogP contribution in [0.25, 0.3) is 0 Å². The number of carbonyl (C=O) groups excluding carboxylic acids is 2. The van der Waals surface area contributed by atoms with Gasteiger partial charge in [-0.25, -0.2) is 4.79 Å². The molecule has 1 unspecified atom stereocenters. The Morgan fingerprint density at radius 3 is 2.12 bits per heavy atom.